The first kappa shape index (κ1) is 69.5. The van der Waals surface area contributed by atoms with E-state index in [1.54, 1.807) is 0 Å². The van der Waals surface area contributed by atoms with Crippen LogP contribution in [0.25, 0.3) is 0 Å². The number of carbonyl (C=O) groups excluding carboxylic acids is 2. The van der Waals surface area contributed by atoms with Crippen molar-refractivity contribution in [2.75, 3.05) is 47.5 Å². The Morgan fingerprint density at radius 3 is 1.24 bits per heavy atom. The highest BCUT2D eigenvalue weighted by atomic mass is 31.2. The largest absolute Gasteiger partial charge is 0.756 e. The van der Waals surface area contributed by atoms with Crippen molar-refractivity contribution < 1.29 is 42.1 Å². The van der Waals surface area contributed by atoms with Gasteiger partial charge in [0, 0.05) is 12.8 Å². The fourth-order valence-electron chi connectivity index (χ4n) is 8.17. The number of nitrogens with zero attached hydrogens (tertiary/aromatic N) is 1. The van der Waals surface area contributed by atoms with Crippen molar-refractivity contribution in [3.63, 3.8) is 0 Å². The lowest BCUT2D eigenvalue weighted by Crippen LogP contribution is -2.37. The minimum absolute atomic E-state index is 0.0448. The van der Waals surface area contributed by atoms with Gasteiger partial charge in [-0.2, -0.15) is 0 Å². The zero-order chi connectivity index (χ0) is 52.7. The van der Waals surface area contributed by atoms with Crippen molar-refractivity contribution >= 4 is 19.8 Å². The van der Waals surface area contributed by atoms with Crippen LogP contribution in [0.15, 0.2) is 72.9 Å². The molecule has 2 unspecified atom stereocenters. The molecule has 0 aliphatic carbocycles. The molecule has 0 aromatic heterocycles. The third-order valence-corrected chi connectivity index (χ3v) is 13.7. The molecule has 0 fully saturated rings. The number of phosphoric ester groups is 1. The van der Waals surface area contributed by atoms with Crippen molar-refractivity contribution in [2.45, 2.75) is 264 Å². The first-order chi connectivity index (χ1) is 35.0. The van der Waals surface area contributed by atoms with Gasteiger partial charge in [-0.1, -0.05) is 247 Å². The number of carbonyl (C=O) groups is 2. The van der Waals surface area contributed by atoms with Crippen molar-refractivity contribution in [3.05, 3.63) is 72.9 Å². The smallest absolute Gasteiger partial charge is 0.306 e. The third kappa shape index (κ3) is 56.7. The predicted molar refractivity (Wildman–Crippen MR) is 305 cm³/mol. The van der Waals surface area contributed by atoms with E-state index in [0.29, 0.717) is 17.4 Å². The van der Waals surface area contributed by atoms with E-state index in [2.05, 4.69) is 74.6 Å². The van der Waals surface area contributed by atoms with Crippen molar-refractivity contribution in [2.24, 2.45) is 0 Å². The lowest BCUT2D eigenvalue weighted by molar-refractivity contribution is -0.870. The molecule has 0 spiro atoms. The van der Waals surface area contributed by atoms with Gasteiger partial charge in [-0.05, 0) is 70.6 Å². The molecule has 10 heteroatoms. The van der Waals surface area contributed by atoms with Crippen LogP contribution in [0.5, 0.6) is 0 Å². The Balaban J connectivity index is 3.96. The molecule has 0 aromatic carbocycles. The molecule has 2 atom stereocenters. The van der Waals surface area contributed by atoms with E-state index < -0.39 is 32.5 Å². The highest BCUT2D eigenvalue weighted by molar-refractivity contribution is 7.45. The highest BCUT2D eigenvalue weighted by Gasteiger charge is 2.21. The Bertz CT molecular complexity index is 1450. The quantitative estimate of drug-likeness (QED) is 0.0195. The fourth-order valence-corrected chi connectivity index (χ4v) is 8.90. The van der Waals surface area contributed by atoms with Gasteiger partial charge in [0.25, 0.3) is 7.82 Å². The molecule has 0 heterocycles. The van der Waals surface area contributed by atoms with Crippen LogP contribution in [0.3, 0.4) is 0 Å². The van der Waals surface area contributed by atoms with Crippen LogP contribution < -0.4 is 4.89 Å². The number of ether oxygens (including phenoxy) is 2. The summed E-state index contributed by atoms with van der Waals surface area (Å²) in [5.74, 6) is -0.924. The van der Waals surface area contributed by atoms with Gasteiger partial charge in [0.1, 0.15) is 19.8 Å². The van der Waals surface area contributed by atoms with E-state index in [1.807, 2.05) is 33.3 Å². The summed E-state index contributed by atoms with van der Waals surface area (Å²) >= 11 is 0. The van der Waals surface area contributed by atoms with Crippen LogP contribution in [-0.4, -0.2) is 70.0 Å². The number of phosphoric acid groups is 1. The lowest BCUT2D eigenvalue weighted by atomic mass is 10.0. The normalized spacial score (nSPS) is 13.8. The van der Waals surface area contributed by atoms with Gasteiger partial charge in [0.05, 0.1) is 27.7 Å². The molecule has 0 radical (unpaired) electrons. The fraction of sp³-hybridized carbons (Fsp3) is 0.774. The standard InChI is InChI=1S/C62H112NO8P/c1-6-8-10-12-14-16-18-20-21-22-23-24-25-26-27-28-29-30-31-32-33-34-35-36-37-38-39-40-41-43-44-46-48-50-52-54-61(64)68-58-60(59-70-72(66,67)69-57-56-63(3,4)5)71-62(65)55-53-51-49-47-45-42-19-17-15-13-11-9-7-2/h9,11,15,17-18,20,22-23,42,45,49,51,60H,6-8,10,12-14,16,19,21,24-41,43-44,46-48,50,52-59H2,1-5H3/b11-9-,17-15-,20-18-,23-22-,45-42-,51-49-. The van der Waals surface area contributed by atoms with Gasteiger partial charge >= 0.3 is 11.9 Å². The average Bonchev–Trinajstić information content (AvgIpc) is 3.34. The topological polar surface area (TPSA) is 111 Å². The highest BCUT2D eigenvalue weighted by Crippen LogP contribution is 2.38. The first-order valence-electron chi connectivity index (χ1n) is 29.6. The molecule has 418 valence electrons. The Morgan fingerprint density at radius 2 is 0.819 bits per heavy atom. The van der Waals surface area contributed by atoms with Crippen LogP contribution in [0.4, 0.5) is 0 Å². The molecule has 0 N–H and O–H groups in total. The lowest BCUT2D eigenvalue weighted by Gasteiger charge is -2.28. The number of allylic oxidation sites excluding steroid dienone is 12. The van der Waals surface area contributed by atoms with Crippen molar-refractivity contribution in [1.29, 1.82) is 0 Å². The zero-order valence-electron chi connectivity index (χ0n) is 47.4. The number of hydrogen-bond acceptors (Lipinski definition) is 8. The van der Waals surface area contributed by atoms with Gasteiger partial charge in [0.15, 0.2) is 6.10 Å². The first-order valence-corrected chi connectivity index (χ1v) is 31.1. The Labute approximate surface area is 444 Å². The molecule has 72 heavy (non-hydrogen) atoms. The van der Waals surface area contributed by atoms with Crippen LogP contribution in [0.1, 0.15) is 258 Å². The van der Waals surface area contributed by atoms with Gasteiger partial charge in [-0.3, -0.25) is 14.2 Å². The summed E-state index contributed by atoms with van der Waals surface area (Å²) in [5, 5.41) is 0. The third-order valence-electron chi connectivity index (χ3n) is 12.7. The van der Waals surface area contributed by atoms with Crippen LogP contribution in [-0.2, 0) is 32.7 Å². The van der Waals surface area contributed by atoms with E-state index in [0.717, 1.165) is 51.4 Å². The number of esters is 2. The number of likely N-dealkylation sites (N-methyl/N-ethyl adjacent to an activating group) is 1. The molecule has 9 nitrogen and oxygen atoms in total. The molecule has 0 saturated carbocycles. The van der Waals surface area contributed by atoms with E-state index in [9.17, 15) is 19.0 Å². The van der Waals surface area contributed by atoms with E-state index in [-0.39, 0.29) is 26.1 Å². The molecule has 0 saturated heterocycles. The van der Waals surface area contributed by atoms with E-state index >= 15 is 0 Å². The van der Waals surface area contributed by atoms with Crippen LogP contribution in [0.2, 0.25) is 0 Å². The molecular formula is C62H112NO8P. The Kier molecular flexibility index (Phi) is 51.4. The summed E-state index contributed by atoms with van der Waals surface area (Å²) in [6.45, 7) is 4.03. The maximum atomic E-state index is 12.7. The van der Waals surface area contributed by atoms with Crippen LogP contribution >= 0.6 is 7.82 Å². The molecule has 0 bridgehead atoms. The van der Waals surface area contributed by atoms with Gasteiger partial charge < -0.3 is 27.9 Å². The summed E-state index contributed by atoms with van der Waals surface area (Å²) in [6.07, 6.45) is 70.1. The second kappa shape index (κ2) is 53.3. The predicted octanol–water partition coefficient (Wildman–Crippen LogP) is 17.8. The van der Waals surface area contributed by atoms with Gasteiger partial charge in [0.2, 0.25) is 0 Å². The molecule has 0 aliphatic heterocycles. The van der Waals surface area contributed by atoms with Crippen LogP contribution in [0, 0.1) is 0 Å². The van der Waals surface area contributed by atoms with Crippen molar-refractivity contribution in [1.82, 2.24) is 0 Å². The maximum absolute atomic E-state index is 12.7. The van der Waals surface area contributed by atoms with Crippen molar-refractivity contribution in [3.8, 4) is 0 Å². The Morgan fingerprint density at radius 1 is 0.444 bits per heavy atom. The summed E-state index contributed by atoms with van der Waals surface area (Å²) in [6, 6.07) is 0. The average molecular weight is 1030 g/mol. The number of rotatable bonds is 54. The van der Waals surface area contributed by atoms with E-state index in [1.165, 1.54) is 173 Å². The summed E-state index contributed by atoms with van der Waals surface area (Å²) in [5.41, 5.74) is 0. The van der Waals surface area contributed by atoms with E-state index in [4.69, 9.17) is 18.5 Å². The minimum Gasteiger partial charge on any atom is -0.756 e. The summed E-state index contributed by atoms with van der Waals surface area (Å²) in [4.78, 5) is 37.7. The minimum atomic E-state index is -4.65. The second-order valence-corrected chi connectivity index (χ2v) is 22.4. The Hall–Kier alpha value is -2.55. The molecule has 0 rings (SSSR count). The summed E-state index contributed by atoms with van der Waals surface area (Å²) in [7, 11) is 1.12. The molecule has 0 aromatic rings. The number of hydrogen-bond donors (Lipinski definition) is 0. The maximum Gasteiger partial charge on any atom is 0.306 e. The molecule has 0 amide bonds. The monoisotopic (exact) mass is 1030 g/mol. The number of unbranched alkanes of at least 4 members (excludes halogenated alkanes) is 28. The molecule has 0 aliphatic rings. The SMILES string of the molecule is CC/C=C\C/C=C\C/C=C\C/C=C\CCC(=O)OC(COC(=O)CCCCCCCCCCCCCCCCCCCCCCCCC/C=C\C/C=C\CCCCCCC)COP(=O)([O-])OCC[N+](C)(C)C. The number of quaternary nitrogens is 1. The van der Waals surface area contributed by atoms with Gasteiger partial charge in [-0.25, -0.2) is 0 Å². The van der Waals surface area contributed by atoms with Gasteiger partial charge in [-0.15, -0.1) is 0 Å². The summed E-state index contributed by atoms with van der Waals surface area (Å²) < 4.78 is 34.0. The zero-order valence-corrected chi connectivity index (χ0v) is 48.3. The molecular weight excluding hydrogens is 918 g/mol. The second-order valence-electron chi connectivity index (χ2n) is 21.0.